The van der Waals surface area contributed by atoms with Crippen LogP contribution >= 0.6 is 0 Å². The number of rotatable bonds is 4. The predicted octanol–water partition coefficient (Wildman–Crippen LogP) is -0.547. The summed E-state index contributed by atoms with van der Waals surface area (Å²) in [5, 5.41) is 3.25. The number of hydrogen-bond acceptors (Lipinski definition) is 3. The third kappa shape index (κ3) is 2.46. The lowest BCUT2D eigenvalue weighted by atomic mass is 10.1. The van der Waals surface area contributed by atoms with Gasteiger partial charge >= 0.3 is 0 Å². The van der Waals surface area contributed by atoms with E-state index in [0.717, 1.165) is 39.1 Å². The highest BCUT2D eigenvalue weighted by atomic mass is 16.5. The summed E-state index contributed by atoms with van der Waals surface area (Å²) < 4.78 is 4.97. The van der Waals surface area contributed by atoms with E-state index >= 15 is 0 Å². The Balaban J connectivity index is 2.31. The van der Waals surface area contributed by atoms with Crippen LogP contribution in [0.15, 0.2) is 0 Å². The van der Waals surface area contributed by atoms with E-state index in [1.54, 1.807) is 7.11 Å². The van der Waals surface area contributed by atoms with Crippen molar-refractivity contribution >= 4 is 6.41 Å². The average molecular weight is 172 g/mol. The molecule has 1 aliphatic heterocycles. The first-order chi connectivity index (χ1) is 5.88. The number of nitrogens with zero attached hydrogens (tertiary/aromatic N) is 1. The van der Waals surface area contributed by atoms with Gasteiger partial charge in [-0.2, -0.15) is 0 Å². The molecule has 12 heavy (non-hydrogen) atoms. The summed E-state index contributed by atoms with van der Waals surface area (Å²) in [5.41, 5.74) is 0. The van der Waals surface area contributed by atoms with E-state index < -0.39 is 0 Å². The Morgan fingerprint density at radius 2 is 2.58 bits per heavy atom. The average Bonchev–Trinajstić information content (AvgIpc) is 2.15. The van der Waals surface area contributed by atoms with Gasteiger partial charge in [0.1, 0.15) is 0 Å². The molecule has 1 aliphatic rings. The van der Waals surface area contributed by atoms with Gasteiger partial charge in [0.15, 0.2) is 0 Å². The normalized spacial score (nSPS) is 24.1. The Morgan fingerprint density at radius 3 is 3.25 bits per heavy atom. The van der Waals surface area contributed by atoms with Gasteiger partial charge in [-0.15, -0.1) is 0 Å². The van der Waals surface area contributed by atoms with Gasteiger partial charge in [0.25, 0.3) is 0 Å². The fraction of sp³-hybridized carbons (Fsp3) is 0.875. The molecule has 0 radical (unpaired) electrons. The summed E-state index contributed by atoms with van der Waals surface area (Å²) in [7, 11) is 1.68. The number of nitrogens with one attached hydrogen (secondary N) is 1. The Labute approximate surface area is 72.9 Å². The minimum absolute atomic E-state index is 0.316. The van der Waals surface area contributed by atoms with Crippen molar-refractivity contribution in [2.24, 2.45) is 0 Å². The summed E-state index contributed by atoms with van der Waals surface area (Å²) in [4.78, 5) is 12.4. The second-order valence-electron chi connectivity index (χ2n) is 2.98. The first-order valence-corrected chi connectivity index (χ1v) is 4.29. The van der Waals surface area contributed by atoms with Crippen molar-refractivity contribution in [2.45, 2.75) is 12.5 Å². The van der Waals surface area contributed by atoms with E-state index in [-0.39, 0.29) is 0 Å². The van der Waals surface area contributed by atoms with Crippen molar-refractivity contribution in [3.63, 3.8) is 0 Å². The van der Waals surface area contributed by atoms with Crippen molar-refractivity contribution in [3.05, 3.63) is 0 Å². The maximum atomic E-state index is 10.6. The third-order valence-electron chi connectivity index (χ3n) is 2.19. The van der Waals surface area contributed by atoms with E-state index in [1.165, 1.54) is 0 Å². The van der Waals surface area contributed by atoms with Crippen molar-refractivity contribution in [2.75, 3.05) is 33.4 Å². The van der Waals surface area contributed by atoms with E-state index in [0.29, 0.717) is 6.04 Å². The quantitative estimate of drug-likeness (QED) is 0.579. The van der Waals surface area contributed by atoms with E-state index in [4.69, 9.17) is 4.74 Å². The smallest absolute Gasteiger partial charge is 0.210 e. The van der Waals surface area contributed by atoms with Gasteiger partial charge in [0.05, 0.1) is 0 Å². The molecule has 0 bridgehead atoms. The van der Waals surface area contributed by atoms with Crippen LogP contribution in [0.5, 0.6) is 0 Å². The Bertz CT molecular complexity index is 141. The molecule has 1 rings (SSSR count). The maximum absolute atomic E-state index is 10.6. The monoisotopic (exact) mass is 172 g/mol. The molecule has 1 fully saturated rings. The zero-order chi connectivity index (χ0) is 8.81. The Morgan fingerprint density at radius 1 is 1.75 bits per heavy atom. The predicted molar refractivity (Wildman–Crippen MR) is 45.9 cm³/mol. The zero-order valence-electron chi connectivity index (χ0n) is 7.45. The first-order valence-electron chi connectivity index (χ1n) is 4.29. The molecule has 0 aromatic rings. The lowest BCUT2D eigenvalue weighted by Crippen LogP contribution is -2.50. The molecule has 4 nitrogen and oxygen atoms in total. The largest absolute Gasteiger partial charge is 0.385 e. The molecular formula is C8H16N2O2. The molecular weight excluding hydrogens is 156 g/mol. The highest BCUT2D eigenvalue weighted by molar-refractivity contribution is 5.48. The summed E-state index contributed by atoms with van der Waals surface area (Å²) >= 11 is 0. The minimum Gasteiger partial charge on any atom is -0.385 e. The van der Waals surface area contributed by atoms with Gasteiger partial charge in [-0.1, -0.05) is 0 Å². The molecule has 0 spiro atoms. The highest BCUT2D eigenvalue weighted by Crippen LogP contribution is 2.04. The fourth-order valence-corrected chi connectivity index (χ4v) is 1.44. The first kappa shape index (κ1) is 9.48. The Kier molecular flexibility index (Phi) is 4.04. The zero-order valence-corrected chi connectivity index (χ0v) is 7.45. The number of carbonyl (C=O) groups is 1. The second-order valence-corrected chi connectivity index (χ2v) is 2.98. The van der Waals surface area contributed by atoms with Gasteiger partial charge in [-0.25, -0.2) is 0 Å². The lowest BCUT2D eigenvalue weighted by molar-refractivity contribution is -0.121. The van der Waals surface area contributed by atoms with Crippen LogP contribution in [0.4, 0.5) is 0 Å². The summed E-state index contributed by atoms with van der Waals surface area (Å²) in [5.74, 6) is 0. The van der Waals surface area contributed by atoms with E-state index in [9.17, 15) is 4.79 Å². The molecule has 1 heterocycles. The fourth-order valence-electron chi connectivity index (χ4n) is 1.44. The summed E-state index contributed by atoms with van der Waals surface area (Å²) in [6.07, 6.45) is 1.85. The number of carbonyl (C=O) groups excluding carboxylic acids is 1. The van der Waals surface area contributed by atoms with Crippen LogP contribution in [0.25, 0.3) is 0 Å². The summed E-state index contributed by atoms with van der Waals surface area (Å²) in [6, 6.07) is 0.316. The Hall–Kier alpha value is -0.610. The molecule has 70 valence electrons. The number of amides is 1. The van der Waals surface area contributed by atoms with Gasteiger partial charge in [-0.3, -0.25) is 4.79 Å². The van der Waals surface area contributed by atoms with E-state index in [2.05, 4.69) is 5.32 Å². The van der Waals surface area contributed by atoms with Crippen LogP contribution < -0.4 is 5.32 Å². The summed E-state index contributed by atoms with van der Waals surface area (Å²) in [6.45, 7) is 3.33. The topological polar surface area (TPSA) is 41.6 Å². The molecule has 1 N–H and O–H groups in total. The van der Waals surface area contributed by atoms with Crippen LogP contribution in [0, 0.1) is 0 Å². The van der Waals surface area contributed by atoms with Gasteiger partial charge < -0.3 is 15.0 Å². The maximum Gasteiger partial charge on any atom is 0.210 e. The number of piperazine rings is 1. The molecule has 1 saturated heterocycles. The number of hydrogen-bond donors (Lipinski definition) is 1. The number of methoxy groups -OCH3 is 1. The SMILES string of the molecule is COCCC1CNCCN1C=O. The van der Waals surface area contributed by atoms with Crippen LogP contribution in [-0.2, 0) is 9.53 Å². The third-order valence-corrected chi connectivity index (χ3v) is 2.19. The van der Waals surface area contributed by atoms with Crippen LogP contribution in [-0.4, -0.2) is 50.7 Å². The van der Waals surface area contributed by atoms with Gasteiger partial charge in [-0.05, 0) is 6.42 Å². The van der Waals surface area contributed by atoms with Gasteiger partial charge in [0, 0.05) is 39.4 Å². The van der Waals surface area contributed by atoms with Crippen molar-refractivity contribution in [1.82, 2.24) is 10.2 Å². The molecule has 1 atom stereocenters. The van der Waals surface area contributed by atoms with Crippen molar-refractivity contribution in [3.8, 4) is 0 Å². The van der Waals surface area contributed by atoms with Crippen molar-refractivity contribution < 1.29 is 9.53 Å². The molecule has 0 aromatic carbocycles. The van der Waals surface area contributed by atoms with E-state index in [1.807, 2.05) is 4.90 Å². The minimum atomic E-state index is 0.316. The molecule has 0 saturated carbocycles. The van der Waals surface area contributed by atoms with Crippen LogP contribution in [0.2, 0.25) is 0 Å². The molecule has 1 unspecified atom stereocenters. The second kappa shape index (κ2) is 5.11. The number of ether oxygens (including phenoxy) is 1. The van der Waals surface area contributed by atoms with Crippen LogP contribution in [0.3, 0.4) is 0 Å². The molecule has 4 heteroatoms. The lowest BCUT2D eigenvalue weighted by Gasteiger charge is -2.33. The highest BCUT2D eigenvalue weighted by Gasteiger charge is 2.19. The van der Waals surface area contributed by atoms with Crippen LogP contribution in [0.1, 0.15) is 6.42 Å². The van der Waals surface area contributed by atoms with Gasteiger partial charge in [0.2, 0.25) is 6.41 Å². The molecule has 1 amide bonds. The molecule has 0 aromatic heterocycles. The molecule has 0 aliphatic carbocycles. The van der Waals surface area contributed by atoms with Crippen molar-refractivity contribution in [1.29, 1.82) is 0 Å². The standard InChI is InChI=1S/C8H16N2O2/c1-12-5-2-8-6-9-3-4-10(8)7-11/h7-9H,2-6H2,1H3.